The van der Waals surface area contributed by atoms with Gasteiger partial charge in [0.2, 0.25) is 18.2 Å². The van der Waals surface area contributed by atoms with Crippen LogP contribution in [0.5, 0.6) is 11.8 Å². The number of aldehydes is 1. The molecule has 20 heteroatoms. The lowest BCUT2D eigenvalue weighted by Gasteiger charge is -2.40. The molecule has 3 aliphatic heterocycles. The van der Waals surface area contributed by atoms with Crippen molar-refractivity contribution in [3.8, 4) is 47.5 Å². The van der Waals surface area contributed by atoms with Gasteiger partial charge >= 0.3 is 6.01 Å². The van der Waals surface area contributed by atoms with Crippen molar-refractivity contribution in [3.63, 3.8) is 0 Å². The highest BCUT2D eigenvalue weighted by Crippen LogP contribution is 2.47. The van der Waals surface area contributed by atoms with Crippen molar-refractivity contribution in [3.05, 3.63) is 77.0 Å². The summed E-state index contributed by atoms with van der Waals surface area (Å²) in [4.78, 5) is 72.6. The Labute approximate surface area is 447 Å². The third-order valence-electron chi connectivity index (χ3n) is 15.1. The predicted octanol–water partition coefficient (Wildman–Crippen LogP) is 5.94. The molecule has 3 amide bonds. The van der Waals surface area contributed by atoms with Crippen LogP contribution in [0.3, 0.4) is 0 Å². The standard InChI is InChI=1S/C55H61F2N11O6.C2H3N/c1-3-42-45(56)9-7-37-27-41(71)28-43(48(37)42)50-49(57)51-44(29-60-50)52(68(18-5-4-16-58)21-17-59-35-70)63-54(62-51)74-34-55(14-15-55)33-66-24-22-65(23-25-66)30-36-12-19-67(20-13-36)40-8-6-38(32-69)39(26-40)31-64(2)46-10-11-47(72)61-53(46)73;1-2-3/h1,6-9,26-29,32,35-36,46,71H,4-5,10-15,17-25,30-31,33-34H2,2H3,(H,59,70)(H,61,72,73);1H3. The van der Waals surface area contributed by atoms with Crippen LogP contribution in [-0.2, 0) is 20.9 Å². The smallest absolute Gasteiger partial charge is 0.319 e. The maximum atomic E-state index is 17.2. The van der Waals surface area contributed by atoms with Crippen LogP contribution in [0.4, 0.5) is 20.3 Å². The number of piperidine rings is 2. The van der Waals surface area contributed by atoms with E-state index in [-0.39, 0.29) is 81.6 Å². The van der Waals surface area contributed by atoms with E-state index in [1.807, 2.05) is 29.0 Å². The third kappa shape index (κ3) is 13.2. The number of nitrogens with zero attached hydrogens (tertiary/aromatic N) is 10. The minimum Gasteiger partial charge on any atom is -0.508 e. The van der Waals surface area contributed by atoms with E-state index in [2.05, 4.69) is 53.4 Å². The first-order valence-electron chi connectivity index (χ1n) is 26.1. The topological polar surface area (TPSA) is 224 Å². The summed E-state index contributed by atoms with van der Waals surface area (Å²) < 4.78 is 38.7. The van der Waals surface area contributed by atoms with Crippen LogP contribution in [-0.4, -0.2) is 151 Å². The van der Waals surface area contributed by atoms with E-state index in [0.717, 1.165) is 95.6 Å². The Kier molecular flexibility index (Phi) is 18.2. The van der Waals surface area contributed by atoms with Gasteiger partial charge < -0.3 is 34.8 Å². The molecule has 0 spiro atoms. The number of fused-ring (bicyclic) bond motifs is 2. The number of nitriles is 2. The van der Waals surface area contributed by atoms with E-state index in [4.69, 9.17) is 21.4 Å². The molecule has 1 unspecified atom stereocenters. The number of phenols is 1. The van der Waals surface area contributed by atoms with Crippen LogP contribution < -0.4 is 25.2 Å². The highest BCUT2D eigenvalue weighted by Gasteiger charge is 2.45. The summed E-state index contributed by atoms with van der Waals surface area (Å²) in [6, 6.07) is 14.7. The van der Waals surface area contributed by atoms with Crippen LogP contribution >= 0.6 is 0 Å². The number of ether oxygens (including phenoxy) is 1. The maximum absolute atomic E-state index is 17.2. The van der Waals surface area contributed by atoms with E-state index in [0.29, 0.717) is 68.1 Å². The van der Waals surface area contributed by atoms with Crippen molar-refractivity contribution in [2.75, 3.05) is 95.4 Å². The second-order valence-corrected chi connectivity index (χ2v) is 20.4. The average molecular weight is 1050 g/mol. The first-order valence-corrected chi connectivity index (χ1v) is 26.1. The fourth-order valence-electron chi connectivity index (χ4n) is 10.8. The summed E-state index contributed by atoms with van der Waals surface area (Å²) in [5.41, 5.74) is 2.04. The molecule has 1 aliphatic carbocycles. The molecular weight excluding hydrogens is 987 g/mol. The van der Waals surface area contributed by atoms with Crippen LogP contribution in [0, 0.1) is 58.0 Å². The fourth-order valence-corrected chi connectivity index (χ4v) is 10.8. The van der Waals surface area contributed by atoms with Gasteiger partial charge in [0, 0.05) is 132 Å². The lowest BCUT2D eigenvalue weighted by molar-refractivity contribution is -0.137. The Morgan fingerprint density at radius 1 is 1.00 bits per heavy atom. The Hall–Kier alpha value is -7.83. The van der Waals surface area contributed by atoms with Gasteiger partial charge in [-0.25, -0.2) is 8.78 Å². The molecular formula is C57H64F2N12O6. The van der Waals surface area contributed by atoms with Crippen molar-refractivity contribution in [2.24, 2.45) is 11.3 Å². The number of amides is 3. The number of anilines is 2. The zero-order chi connectivity index (χ0) is 54.6. The van der Waals surface area contributed by atoms with Gasteiger partial charge in [-0.3, -0.25) is 34.4 Å². The summed E-state index contributed by atoms with van der Waals surface area (Å²) in [5.74, 6) is 0.965. The Balaban J connectivity index is 0.00000255. The minimum atomic E-state index is -0.851. The number of aromatic hydroxyl groups is 1. The first-order chi connectivity index (χ1) is 37.3. The minimum absolute atomic E-state index is 0.0498. The number of benzene rings is 3. The van der Waals surface area contributed by atoms with Gasteiger partial charge in [0.05, 0.1) is 35.7 Å². The lowest BCUT2D eigenvalue weighted by Crippen LogP contribution is -2.51. The van der Waals surface area contributed by atoms with Crippen molar-refractivity contribution in [1.29, 1.82) is 10.5 Å². The Morgan fingerprint density at radius 2 is 1.75 bits per heavy atom. The molecule has 5 aromatic rings. The Bertz CT molecular complexity index is 3120. The zero-order valence-corrected chi connectivity index (χ0v) is 43.6. The lowest BCUT2D eigenvalue weighted by atomic mass is 9.95. The Morgan fingerprint density at radius 3 is 2.44 bits per heavy atom. The maximum Gasteiger partial charge on any atom is 0.319 e. The van der Waals surface area contributed by atoms with E-state index in [1.54, 1.807) is 6.07 Å². The van der Waals surface area contributed by atoms with Gasteiger partial charge in [-0.1, -0.05) is 12.0 Å². The summed E-state index contributed by atoms with van der Waals surface area (Å²) in [6.45, 7) is 10.4. The molecule has 3 N–H and O–H groups in total. The van der Waals surface area contributed by atoms with Gasteiger partial charge in [-0.05, 0) is 98.8 Å². The van der Waals surface area contributed by atoms with Crippen LogP contribution in [0.25, 0.3) is 32.9 Å². The largest absolute Gasteiger partial charge is 0.508 e. The monoisotopic (exact) mass is 1050 g/mol. The van der Waals surface area contributed by atoms with Crippen LogP contribution in [0.1, 0.15) is 79.8 Å². The number of phenolic OH excluding ortho intramolecular Hbond substituents is 1. The number of unbranched alkanes of at least 4 members (excludes halogenated alkanes) is 1. The third-order valence-corrected chi connectivity index (χ3v) is 15.1. The molecule has 77 heavy (non-hydrogen) atoms. The number of carbonyl (C=O) groups is 4. The SMILES string of the molecule is C#Cc1c(F)ccc2cc(O)cc(-c3ncc4c(N(CCCC#N)CCNC=O)nc(OCC5(CN6CCN(CC7CCN(c8ccc(C=O)c(CN(C)C9CCC(=O)NC9=O)c8)CC7)CC6)CC5)nc4c3F)c12.CC#N. The quantitative estimate of drug-likeness (QED) is 0.0335. The van der Waals surface area contributed by atoms with E-state index in [1.165, 1.54) is 37.4 Å². The van der Waals surface area contributed by atoms with Crippen molar-refractivity contribution in [2.45, 2.75) is 70.9 Å². The number of rotatable bonds is 21. The van der Waals surface area contributed by atoms with Gasteiger partial charge in [0.25, 0.3) is 0 Å². The second kappa shape index (κ2) is 25.3. The first kappa shape index (κ1) is 55.4. The normalized spacial score (nSPS) is 17.6. The van der Waals surface area contributed by atoms with Crippen molar-refractivity contribution >= 4 is 57.7 Å². The van der Waals surface area contributed by atoms with Crippen molar-refractivity contribution < 1.29 is 37.8 Å². The molecule has 402 valence electrons. The molecule has 2 aromatic heterocycles. The number of imide groups is 1. The number of hydrogen-bond acceptors (Lipinski definition) is 16. The number of piperazine rings is 1. The molecule has 18 nitrogen and oxygen atoms in total. The molecule has 1 atom stereocenters. The summed E-state index contributed by atoms with van der Waals surface area (Å²) >= 11 is 0. The molecule has 9 rings (SSSR count). The van der Waals surface area contributed by atoms with Crippen LogP contribution in [0.15, 0.2) is 48.7 Å². The second-order valence-electron chi connectivity index (χ2n) is 20.4. The molecule has 0 radical (unpaired) electrons. The molecule has 4 fully saturated rings. The molecule has 4 aliphatic rings. The molecule has 0 bridgehead atoms. The van der Waals surface area contributed by atoms with E-state index in [9.17, 15) is 29.5 Å². The molecule has 5 heterocycles. The highest BCUT2D eigenvalue weighted by atomic mass is 19.1. The summed E-state index contributed by atoms with van der Waals surface area (Å²) in [6.07, 6.45) is 14.1. The van der Waals surface area contributed by atoms with Gasteiger partial charge in [-0.2, -0.15) is 20.5 Å². The molecule has 3 aromatic carbocycles. The number of aromatic nitrogens is 3. The fraction of sp³-hybridized carbons (Fsp3) is 0.456. The summed E-state index contributed by atoms with van der Waals surface area (Å²) in [7, 11) is 1.85. The predicted molar refractivity (Wildman–Crippen MR) is 287 cm³/mol. The number of carbonyl (C=O) groups excluding carboxylic acids is 4. The highest BCUT2D eigenvalue weighted by molar-refractivity contribution is 6.03. The summed E-state index contributed by atoms with van der Waals surface area (Å²) in [5, 5.41) is 33.3. The number of terminal acetylenes is 1. The molecule has 3 saturated heterocycles. The van der Waals surface area contributed by atoms with Crippen molar-refractivity contribution in [1.82, 2.24) is 40.3 Å². The molecule has 1 saturated carbocycles. The number of halogens is 2. The van der Waals surface area contributed by atoms with E-state index < -0.39 is 17.7 Å². The van der Waals surface area contributed by atoms with E-state index >= 15 is 8.78 Å². The van der Waals surface area contributed by atoms with Gasteiger partial charge in [0.15, 0.2) is 5.82 Å². The average Bonchev–Trinajstić information content (AvgIpc) is 4.21. The van der Waals surface area contributed by atoms with Crippen LogP contribution in [0.2, 0.25) is 0 Å². The number of likely N-dealkylation sites (N-methyl/N-ethyl adjacent to an activating group) is 1. The number of nitrogens with one attached hydrogen (secondary N) is 2. The zero-order valence-electron chi connectivity index (χ0n) is 43.6. The van der Waals surface area contributed by atoms with Gasteiger partial charge in [-0.15, -0.1) is 6.42 Å². The number of hydrogen-bond donors (Lipinski definition) is 3. The number of pyridine rings is 1. The van der Waals surface area contributed by atoms with Gasteiger partial charge in [0.1, 0.15) is 34.9 Å².